The van der Waals surface area contributed by atoms with E-state index in [9.17, 15) is 0 Å². The minimum Gasteiger partial charge on any atom is -0.492 e. The molecule has 1 aliphatic heterocycles. The Kier molecular flexibility index (Phi) is 2.17. The van der Waals surface area contributed by atoms with Gasteiger partial charge in [0.1, 0.15) is 5.75 Å². The summed E-state index contributed by atoms with van der Waals surface area (Å²) in [6.07, 6.45) is 2.77. The fraction of sp³-hybridized carbons (Fsp3) is 0.308. The number of pyridine rings is 1. The number of aromatic nitrogens is 1. The smallest absolute Gasteiger partial charge is 0.221 e. The molecule has 3 nitrogen and oxygen atoms in total. The van der Waals surface area contributed by atoms with Gasteiger partial charge in [-0.3, -0.25) is 0 Å². The summed E-state index contributed by atoms with van der Waals surface area (Å²) >= 11 is 0. The summed E-state index contributed by atoms with van der Waals surface area (Å²) in [7, 11) is 0. The van der Waals surface area contributed by atoms with Crippen molar-refractivity contribution in [2.24, 2.45) is 0 Å². The van der Waals surface area contributed by atoms with E-state index in [1.807, 2.05) is 13.0 Å². The van der Waals surface area contributed by atoms with Gasteiger partial charge < -0.3 is 9.47 Å². The summed E-state index contributed by atoms with van der Waals surface area (Å²) < 4.78 is 11.2. The largest absolute Gasteiger partial charge is 0.492 e. The highest BCUT2D eigenvalue weighted by Gasteiger charge is 2.16. The van der Waals surface area contributed by atoms with Gasteiger partial charge >= 0.3 is 0 Å². The Bertz CT molecular complexity index is 537. The molecule has 0 fully saturated rings. The van der Waals surface area contributed by atoms with Crippen LogP contribution in [0.2, 0.25) is 0 Å². The molecule has 0 unspecified atom stereocenters. The molecule has 0 bridgehead atoms. The van der Waals surface area contributed by atoms with Crippen LogP contribution in [0.25, 0.3) is 10.8 Å². The van der Waals surface area contributed by atoms with Crippen molar-refractivity contribution in [1.29, 1.82) is 0 Å². The van der Waals surface area contributed by atoms with Gasteiger partial charge in [-0.25, -0.2) is 4.98 Å². The van der Waals surface area contributed by atoms with Crippen LogP contribution in [0.3, 0.4) is 0 Å². The van der Waals surface area contributed by atoms with Crippen LogP contribution in [0.5, 0.6) is 11.6 Å². The van der Waals surface area contributed by atoms with Crippen LogP contribution in [0.15, 0.2) is 24.4 Å². The van der Waals surface area contributed by atoms with E-state index in [1.54, 1.807) is 6.20 Å². The van der Waals surface area contributed by atoms with Gasteiger partial charge in [-0.15, -0.1) is 0 Å². The Morgan fingerprint density at radius 2 is 2.25 bits per heavy atom. The topological polar surface area (TPSA) is 31.4 Å². The van der Waals surface area contributed by atoms with Crippen molar-refractivity contribution in [3.8, 4) is 11.6 Å². The van der Waals surface area contributed by atoms with Gasteiger partial charge in [0.2, 0.25) is 5.88 Å². The second kappa shape index (κ2) is 3.67. The van der Waals surface area contributed by atoms with Gasteiger partial charge in [0, 0.05) is 23.4 Å². The van der Waals surface area contributed by atoms with E-state index in [-0.39, 0.29) is 0 Å². The van der Waals surface area contributed by atoms with Crippen molar-refractivity contribution in [2.45, 2.75) is 13.3 Å². The number of hydrogen-bond acceptors (Lipinski definition) is 3. The first kappa shape index (κ1) is 9.46. The van der Waals surface area contributed by atoms with Gasteiger partial charge in [-0.2, -0.15) is 0 Å². The molecular formula is C13H13NO2. The molecule has 0 amide bonds. The minimum atomic E-state index is 0.629. The quantitative estimate of drug-likeness (QED) is 0.771. The van der Waals surface area contributed by atoms with E-state index in [1.165, 1.54) is 5.56 Å². The van der Waals surface area contributed by atoms with Crippen molar-refractivity contribution >= 4 is 10.8 Å². The molecule has 0 spiro atoms. The van der Waals surface area contributed by atoms with E-state index < -0.39 is 0 Å². The average molecular weight is 215 g/mol. The highest BCUT2D eigenvalue weighted by molar-refractivity contribution is 5.93. The predicted octanol–water partition coefficient (Wildman–Crippen LogP) is 2.57. The number of ether oxygens (including phenoxy) is 2. The Hall–Kier alpha value is -1.77. The maximum absolute atomic E-state index is 5.66. The van der Waals surface area contributed by atoms with Crippen LogP contribution in [-0.2, 0) is 6.42 Å². The highest BCUT2D eigenvalue weighted by Crippen LogP contribution is 2.36. The zero-order chi connectivity index (χ0) is 11.0. The SMILES string of the molecule is CCOc1nccc2c3c(ccc12)CCO3. The molecule has 0 aliphatic carbocycles. The Morgan fingerprint density at radius 1 is 1.31 bits per heavy atom. The maximum Gasteiger partial charge on any atom is 0.221 e. The molecule has 0 saturated carbocycles. The first-order valence-electron chi connectivity index (χ1n) is 5.56. The molecule has 3 rings (SSSR count). The molecule has 0 atom stereocenters. The van der Waals surface area contributed by atoms with Crippen LogP contribution in [0.1, 0.15) is 12.5 Å². The Labute approximate surface area is 94.0 Å². The number of benzene rings is 1. The summed E-state index contributed by atoms with van der Waals surface area (Å²) in [6.45, 7) is 3.37. The van der Waals surface area contributed by atoms with Gasteiger partial charge in [-0.05, 0) is 24.6 Å². The molecule has 2 aromatic rings. The van der Waals surface area contributed by atoms with Crippen LogP contribution in [-0.4, -0.2) is 18.2 Å². The molecule has 16 heavy (non-hydrogen) atoms. The average Bonchev–Trinajstić information content (AvgIpc) is 2.78. The summed E-state index contributed by atoms with van der Waals surface area (Å²) in [4.78, 5) is 4.24. The Morgan fingerprint density at radius 3 is 3.12 bits per heavy atom. The van der Waals surface area contributed by atoms with Crippen LogP contribution >= 0.6 is 0 Å². The lowest BCUT2D eigenvalue weighted by molar-refractivity contribution is 0.331. The normalized spacial score (nSPS) is 13.6. The molecule has 82 valence electrons. The first-order valence-corrected chi connectivity index (χ1v) is 5.56. The van der Waals surface area contributed by atoms with Gasteiger partial charge in [0.05, 0.1) is 13.2 Å². The predicted molar refractivity (Wildman–Crippen MR) is 62.1 cm³/mol. The van der Waals surface area contributed by atoms with E-state index in [2.05, 4.69) is 17.1 Å². The van der Waals surface area contributed by atoms with Crippen molar-refractivity contribution in [3.63, 3.8) is 0 Å². The molecule has 2 heterocycles. The minimum absolute atomic E-state index is 0.629. The third-order valence-corrected chi connectivity index (χ3v) is 2.84. The van der Waals surface area contributed by atoms with Crippen LogP contribution in [0, 0.1) is 0 Å². The van der Waals surface area contributed by atoms with Crippen molar-refractivity contribution < 1.29 is 9.47 Å². The lowest BCUT2D eigenvalue weighted by Gasteiger charge is -2.08. The summed E-state index contributed by atoms with van der Waals surface area (Å²) in [5.74, 6) is 1.69. The monoisotopic (exact) mass is 215 g/mol. The van der Waals surface area contributed by atoms with E-state index in [0.717, 1.165) is 29.5 Å². The molecule has 0 N–H and O–H groups in total. The second-order valence-corrected chi connectivity index (χ2v) is 3.80. The molecule has 3 heteroatoms. The van der Waals surface area contributed by atoms with E-state index in [0.29, 0.717) is 12.5 Å². The van der Waals surface area contributed by atoms with Crippen molar-refractivity contribution in [2.75, 3.05) is 13.2 Å². The molecule has 1 aromatic carbocycles. The zero-order valence-electron chi connectivity index (χ0n) is 9.19. The lowest BCUT2D eigenvalue weighted by atomic mass is 10.1. The molecule has 0 radical (unpaired) electrons. The highest BCUT2D eigenvalue weighted by atomic mass is 16.5. The zero-order valence-corrected chi connectivity index (χ0v) is 9.19. The number of fused-ring (bicyclic) bond motifs is 3. The number of nitrogens with zero attached hydrogens (tertiary/aromatic N) is 1. The second-order valence-electron chi connectivity index (χ2n) is 3.80. The molecule has 1 aliphatic rings. The van der Waals surface area contributed by atoms with E-state index in [4.69, 9.17) is 9.47 Å². The Balaban J connectivity index is 2.26. The van der Waals surface area contributed by atoms with Crippen molar-refractivity contribution in [1.82, 2.24) is 4.98 Å². The van der Waals surface area contributed by atoms with Crippen LogP contribution in [0.4, 0.5) is 0 Å². The third kappa shape index (κ3) is 1.32. The lowest BCUT2D eigenvalue weighted by Crippen LogP contribution is -1.95. The van der Waals surface area contributed by atoms with E-state index >= 15 is 0 Å². The van der Waals surface area contributed by atoms with Gasteiger partial charge in [0.25, 0.3) is 0 Å². The summed E-state index contributed by atoms with van der Waals surface area (Å²) in [5, 5.41) is 2.14. The summed E-state index contributed by atoms with van der Waals surface area (Å²) in [6, 6.07) is 6.16. The fourth-order valence-corrected chi connectivity index (χ4v) is 2.13. The first-order chi connectivity index (χ1) is 7.90. The fourth-order valence-electron chi connectivity index (χ4n) is 2.13. The third-order valence-electron chi connectivity index (χ3n) is 2.84. The number of hydrogen-bond donors (Lipinski definition) is 0. The molecule has 0 saturated heterocycles. The molecule has 1 aromatic heterocycles. The van der Waals surface area contributed by atoms with Crippen molar-refractivity contribution in [3.05, 3.63) is 30.0 Å². The maximum atomic E-state index is 5.66. The van der Waals surface area contributed by atoms with Crippen LogP contribution < -0.4 is 9.47 Å². The van der Waals surface area contributed by atoms with Gasteiger partial charge in [-0.1, -0.05) is 6.07 Å². The standard InChI is InChI=1S/C13H13NO2/c1-2-15-13-11-4-3-9-6-8-16-12(9)10(11)5-7-14-13/h3-5,7H,2,6,8H2,1H3. The summed E-state index contributed by atoms with van der Waals surface area (Å²) in [5.41, 5.74) is 1.28. The molecular weight excluding hydrogens is 202 g/mol. The van der Waals surface area contributed by atoms with Gasteiger partial charge in [0.15, 0.2) is 0 Å². The number of rotatable bonds is 2.